The van der Waals surface area contributed by atoms with Gasteiger partial charge in [-0.05, 0) is 38.9 Å². The van der Waals surface area contributed by atoms with Crippen LogP contribution in [0.4, 0.5) is 0 Å². The van der Waals surface area contributed by atoms with Crippen molar-refractivity contribution in [3.8, 4) is 0 Å². The normalized spacial score (nSPS) is 25.7. The van der Waals surface area contributed by atoms with Gasteiger partial charge >= 0.3 is 0 Å². The van der Waals surface area contributed by atoms with E-state index in [0.717, 1.165) is 13.2 Å². The van der Waals surface area contributed by atoms with Gasteiger partial charge in [0.1, 0.15) is 5.76 Å². The number of likely N-dealkylation sites (N-methyl/N-ethyl adjacent to an activating group) is 1. The lowest BCUT2D eigenvalue weighted by molar-refractivity contribution is 0.122. The van der Waals surface area contributed by atoms with E-state index < -0.39 is 0 Å². The molecule has 0 heterocycles. The third kappa shape index (κ3) is 2.75. The van der Waals surface area contributed by atoms with E-state index in [1.54, 1.807) is 0 Å². The maximum absolute atomic E-state index is 5.78. The number of allylic oxidation sites excluding steroid dienone is 1. The first-order valence-corrected chi connectivity index (χ1v) is 6.12. The molecule has 1 aliphatic carbocycles. The summed E-state index contributed by atoms with van der Waals surface area (Å²) in [6, 6.07) is 0. The molecule has 2 nitrogen and oxygen atoms in total. The van der Waals surface area contributed by atoms with E-state index >= 15 is 0 Å². The molecule has 0 radical (unpaired) electrons. The lowest BCUT2D eigenvalue weighted by Gasteiger charge is -2.40. The first-order valence-electron chi connectivity index (χ1n) is 6.12. The molecule has 0 spiro atoms. The summed E-state index contributed by atoms with van der Waals surface area (Å²) in [5.74, 6) is 2.69. The quantitative estimate of drug-likeness (QED) is 0.670. The molecule has 0 saturated carbocycles. The molecule has 0 aromatic carbocycles. The molecular weight excluding hydrogens is 186 g/mol. The minimum Gasteiger partial charge on any atom is -0.498 e. The number of nitrogens with zero attached hydrogens (tertiary/aromatic N) is 1. The van der Waals surface area contributed by atoms with Crippen molar-refractivity contribution in [2.75, 3.05) is 27.2 Å². The van der Waals surface area contributed by atoms with Gasteiger partial charge in [0.2, 0.25) is 0 Å². The molecule has 2 atom stereocenters. The van der Waals surface area contributed by atoms with Crippen LogP contribution in [-0.4, -0.2) is 32.1 Å². The number of ether oxygens (including phenoxy) is 1. The zero-order chi connectivity index (χ0) is 11.4. The summed E-state index contributed by atoms with van der Waals surface area (Å²) in [5.41, 5.74) is 1.51. The average Bonchev–Trinajstić information content (AvgIpc) is 2.20. The Morgan fingerprint density at radius 3 is 2.40 bits per heavy atom. The fraction of sp³-hybridized carbons (Fsp3) is 0.846. The van der Waals surface area contributed by atoms with Gasteiger partial charge in [-0.2, -0.15) is 0 Å². The highest BCUT2D eigenvalue weighted by molar-refractivity contribution is 5.28. The molecule has 0 aromatic heterocycles. The minimum absolute atomic E-state index is 0.685. The molecule has 88 valence electrons. The summed E-state index contributed by atoms with van der Waals surface area (Å²) in [6.07, 6.45) is 2.52. The van der Waals surface area contributed by atoms with Crippen molar-refractivity contribution < 1.29 is 4.74 Å². The highest BCUT2D eigenvalue weighted by Gasteiger charge is 2.37. The molecule has 15 heavy (non-hydrogen) atoms. The van der Waals surface area contributed by atoms with Crippen LogP contribution in [0.15, 0.2) is 11.3 Å². The maximum atomic E-state index is 5.78. The Balaban J connectivity index is 2.69. The van der Waals surface area contributed by atoms with E-state index in [4.69, 9.17) is 4.74 Å². The van der Waals surface area contributed by atoms with E-state index in [9.17, 15) is 0 Å². The van der Waals surface area contributed by atoms with Crippen molar-refractivity contribution in [2.24, 2.45) is 11.8 Å². The summed E-state index contributed by atoms with van der Waals surface area (Å²) in [6.45, 7) is 8.52. The first kappa shape index (κ1) is 12.6. The van der Waals surface area contributed by atoms with Crippen LogP contribution in [0.1, 0.15) is 33.6 Å². The van der Waals surface area contributed by atoms with Crippen LogP contribution >= 0.6 is 0 Å². The van der Waals surface area contributed by atoms with Gasteiger partial charge in [0.15, 0.2) is 0 Å². The molecule has 1 rings (SSSR count). The second kappa shape index (κ2) is 5.55. The highest BCUT2D eigenvalue weighted by atomic mass is 16.5. The predicted octanol–water partition coefficient (Wildman–Crippen LogP) is 2.90. The van der Waals surface area contributed by atoms with Gasteiger partial charge in [0, 0.05) is 12.5 Å². The van der Waals surface area contributed by atoms with Crippen molar-refractivity contribution in [2.45, 2.75) is 33.6 Å². The zero-order valence-electron chi connectivity index (χ0n) is 10.8. The van der Waals surface area contributed by atoms with Gasteiger partial charge < -0.3 is 9.64 Å². The van der Waals surface area contributed by atoms with Gasteiger partial charge in [-0.1, -0.05) is 20.3 Å². The Morgan fingerprint density at radius 1 is 1.27 bits per heavy atom. The van der Waals surface area contributed by atoms with Crippen LogP contribution in [0.5, 0.6) is 0 Å². The first-order chi connectivity index (χ1) is 7.11. The smallest absolute Gasteiger partial charge is 0.100 e. The third-order valence-corrected chi connectivity index (χ3v) is 3.19. The fourth-order valence-corrected chi connectivity index (χ4v) is 2.45. The molecule has 2 heteroatoms. The molecule has 1 aliphatic rings. The van der Waals surface area contributed by atoms with E-state index in [-0.39, 0.29) is 0 Å². The molecule has 0 unspecified atom stereocenters. The molecule has 0 bridgehead atoms. The summed E-state index contributed by atoms with van der Waals surface area (Å²) in [4.78, 5) is 2.23. The Hall–Kier alpha value is -0.500. The van der Waals surface area contributed by atoms with Crippen LogP contribution in [0.3, 0.4) is 0 Å². The Morgan fingerprint density at radius 2 is 1.93 bits per heavy atom. The van der Waals surface area contributed by atoms with Gasteiger partial charge in [0.05, 0.1) is 6.61 Å². The van der Waals surface area contributed by atoms with Crippen LogP contribution in [-0.2, 0) is 4.74 Å². The third-order valence-electron chi connectivity index (χ3n) is 3.19. The van der Waals surface area contributed by atoms with Crippen LogP contribution < -0.4 is 0 Å². The molecular formula is C13H25NO. The lowest BCUT2D eigenvalue weighted by Crippen LogP contribution is -2.35. The van der Waals surface area contributed by atoms with Gasteiger partial charge in [-0.15, -0.1) is 0 Å². The van der Waals surface area contributed by atoms with E-state index in [1.807, 2.05) is 0 Å². The highest BCUT2D eigenvalue weighted by Crippen LogP contribution is 2.43. The van der Waals surface area contributed by atoms with E-state index in [1.165, 1.54) is 24.2 Å². The molecule has 0 amide bonds. The van der Waals surface area contributed by atoms with Crippen molar-refractivity contribution >= 4 is 0 Å². The van der Waals surface area contributed by atoms with Crippen LogP contribution in [0, 0.1) is 11.8 Å². The van der Waals surface area contributed by atoms with E-state index in [2.05, 4.69) is 39.8 Å². The summed E-state index contributed by atoms with van der Waals surface area (Å²) in [7, 11) is 4.24. The molecule has 0 saturated heterocycles. The summed E-state index contributed by atoms with van der Waals surface area (Å²) >= 11 is 0. The average molecular weight is 211 g/mol. The molecule has 0 aromatic rings. The molecule has 0 N–H and O–H groups in total. The second-order valence-corrected chi connectivity index (χ2v) is 4.74. The number of hydrogen-bond donors (Lipinski definition) is 0. The summed E-state index contributed by atoms with van der Waals surface area (Å²) < 4.78 is 5.78. The summed E-state index contributed by atoms with van der Waals surface area (Å²) in [5, 5.41) is 0. The standard InChI is InChI=1S/C13H25NO/c1-6-8-11-10(3)12(9-14(4)5)13(11)15-7-2/h10-11H,6-9H2,1-5H3/t10-,11+/m0/s1. The predicted molar refractivity (Wildman–Crippen MR) is 64.8 cm³/mol. The monoisotopic (exact) mass is 211 g/mol. The fourth-order valence-electron chi connectivity index (χ4n) is 2.45. The lowest BCUT2D eigenvalue weighted by atomic mass is 9.71. The topological polar surface area (TPSA) is 12.5 Å². The maximum Gasteiger partial charge on any atom is 0.100 e. The van der Waals surface area contributed by atoms with Crippen molar-refractivity contribution in [3.63, 3.8) is 0 Å². The van der Waals surface area contributed by atoms with E-state index in [0.29, 0.717) is 11.8 Å². The van der Waals surface area contributed by atoms with Gasteiger partial charge in [-0.3, -0.25) is 0 Å². The molecule has 0 fully saturated rings. The van der Waals surface area contributed by atoms with Crippen LogP contribution in [0.25, 0.3) is 0 Å². The Bertz CT molecular complexity index is 233. The SMILES string of the molecule is CCC[C@H]1C(OCC)=C(CN(C)C)[C@H]1C. The Labute approximate surface area is 94.3 Å². The number of hydrogen-bond acceptors (Lipinski definition) is 2. The number of rotatable bonds is 6. The van der Waals surface area contributed by atoms with Gasteiger partial charge in [0.25, 0.3) is 0 Å². The zero-order valence-corrected chi connectivity index (χ0v) is 10.8. The Kier molecular flexibility index (Phi) is 4.65. The van der Waals surface area contributed by atoms with Crippen LogP contribution in [0.2, 0.25) is 0 Å². The van der Waals surface area contributed by atoms with Crippen molar-refractivity contribution in [1.82, 2.24) is 4.90 Å². The van der Waals surface area contributed by atoms with Gasteiger partial charge in [-0.25, -0.2) is 0 Å². The molecule has 0 aliphatic heterocycles. The second-order valence-electron chi connectivity index (χ2n) is 4.74. The van der Waals surface area contributed by atoms with Crippen molar-refractivity contribution in [3.05, 3.63) is 11.3 Å². The van der Waals surface area contributed by atoms with Crippen molar-refractivity contribution in [1.29, 1.82) is 0 Å². The minimum atomic E-state index is 0.685. The largest absolute Gasteiger partial charge is 0.498 e.